The quantitative estimate of drug-likeness (QED) is 0.744. The molecule has 2 rings (SSSR count). The van der Waals surface area contributed by atoms with Gasteiger partial charge < -0.3 is 15.4 Å². The normalized spacial score (nSPS) is 39.1. The number of morpholine rings is 1. The first-order valence-electron chi connectivity index (χ1n) is 6.72. The lowest BCUT2D eigenvalue weighted by Gasteiger charge is -2.37. The molecule has 4 atom stereocenters. The molecular formula is C13H24N2O2. The number of carbonyl (C=O) groups excluding carboxylic acids is 1. The minimum Gasteiger partial charge on any atom is -0.375 e. The number of rotatable bonds is 1. The van der Waals surface area contributed by atoms with Crippen molar-refractivity contribution < 1.29 is 9.53 Å². The van der Waals surface area contributed by atoms with E-state index in [-0.39, 0.29) is 18.1 Å². The molecule has 1 heterocycles. The first-order valence-corrected chi connectivity index (χ1v) is 6.72. The van der Waals surface area contributed by atoms with Crippen LogP contribution in [0, 0.1) is 11.8 Å². The summed E-state index contributed by atoms with van der Waals surface area (Å²) in [5.74, 6) is 1.01. The summed E-state index contributed by atoms with van der Waals surface area (Å²) >= 11 is 0. The smallest absolute Gasteiger partial charge is 0.225 e. The summed E-state index contributed by atoms with van der Waals surface area (Å²) in [6.45, 7) is 6.36. The van der Waals surface area contributed by atoms with Gasteiger partial charge in [0.05, 0.1) is 12.7 Å². The summed E-state index contributed by atoms with van der Waals surface area (Å²) < 4.78 is 5.47. The van der Waals surface area contributed by atoms with Crippen molar-refractivity contribution in [2.24, 2.45) is 17.6 Å². The Morgan fingerprint density at radius 3 is 2.71 bits per heavy atom. The number of hydrogen-bond acceptors (Lipinski definition) is 3. The van der Waals surface area contributed by atoms with Crippen LogP contribution in [-0.4, -0.2) is 42.6 Å². The molecule has 0 bridgehead atoms. The Balaban J connectivity index is 1.94. The van der Waals surface area contributed by atoms with Crippen molar-refractivity contribution in [1.82, 2.24) is 4.90 Å². The maximum absolute atomic E-state index is 12.4. The number of nitrogens with two attached hydrogens (primary N) is 1. The Bertz CT molecular complexity index is 273. The molecule has 1 aliphatic heterocycles. The molecule has 2 aliphatic rings. The number of ether oxygens (including phenoxy) is 1. The molecule has 1 saturated carbocycles. The Morgan fingerprint density at radius 1 is 1.29 bits per heavy atom. The number of amides is 1. The van der Waals surface area contributed by atoms with Gasteiger partial charge in [-0.3, -0.25) is 4.79 Å². The Kier molecular flexibility index (Phi) is 4.05. The molecule has 2 fully saturated rings. The molecule has 1 aliphatic carbocycles. The number of carbonyl (C=O) groups is 1. The second kappa shape index (κ2) is 5.36. The third kappa shape index (κ3) is 3.19. The first kappa shape index (κ1) is 12.8. The van der Waals surface area contributed by atoms with Crippen LogP contribution in [0.1, 0.15) is 33.1 Å². The van der Waals surface area contributed by atoms with E-state index in [4.69, 9.17) is 10.5 Å². The Labute approximate surface area is 103 Å². The summed E-state index contributed by atoms with van der Waals surface area (Å²) in [5.41, 5.74) is 6.01. The van der Waals surface area contributed by atoms with E-state index < -0.39 is 0 Å². The van der Waals surface area contributed by atoms with Crippen molar-refractivity contribution in [1.29, 1.82) is 0 Å². The fraction of sp³-hybridized carbons (Fsp3) is 0.923. The van der Waals surface area contributed by atoms with Crippen LogP contribution in [-0.2, 0) is 9.53 Å². The molecule has 98 valence electrons. The van der Waals surface area contributed by atoms with Crippen molar-refractivity contribution in [3.63, 3.8) is 0 Å². The lowest BCUT2D eigenvalue weighted by molar-refractivity contribution is -0.144. The average molecular weight is 240 g/mol. The van der Waals surface area contributed by atoms with Gasteiger partial charge in [-0.05, 0) is 32.1 Å². The summed E-state index contributed by atoms with van der Waals surface area (Å²) in [4.78, 5) is 14.4. The highest BCUT2D eigenvalue weighted by molar-refractivity contribution is 5.79. The standard InChI is InChI=1S/C13H24N2O2/c1-9-5-11(7-12(14)6-9)13(16)15-3-4-17-10(2)8-15/h9-12H,3-8,14H2,1-2H3. The van der Waals surface area contributed by atoms with Crippen molar-refractivity contribution in [2.45, 2.75) is 45.3 Å². The van der Waals surface area contributed by atoms with Crippen molar-refractivity contribution in [2.75, 3.05) is 19.7 Å². The molecule has 4 heteroatoms. The van der Waals surface area contributed by atoms with Crippen LogP contribution in [0.5, 0.6) is 0 Å². The molecule has 1 saturated heterocycles. The SMILES string of the molecule is CC1CC(N)CC(C(=O)N2CCOC(C)C2)C1. The predicted octanol–water partition coefficient (Wildman–Crippen LogP) is 0.997. The molecule has 4 nitrogen and oxygen atoms in total. The summed E-state index contributed by atoms with van der Waals surface area (Å²) in [6, 6.07) is 0.200. The van der Waals surface area contributed by atoms with Crippen LogP contribution >= 0.6 is 0 Å². The molecular weight excluding hydrogens is 216 g/mol. The third-order valence-electron chi connectivity index (χ3n) is 3.88. The molecule has 4 unspecified atom stereocenters. The molecule has 0 spiro atoms. The zero-order valence-corrected chi connectivity index (χ0v) is 10.9. The van der Waals surface area contributed by atoms with Crippen molar-refractivity contribution in [3.05, 3.63) is 0 Å². The minimum absolute atomic E-state index is 0.138. The first-order chi connectivity index (χ1) is 8.06. The van der Waals surface area contributed by atoms with E-state index in [9.17, 15) is 4.79 Å². The highest BCUT2D eigenvalue weighted by atomic mass is 16.5. The molecule has 2 N–H and O–H groups in total. The van der Waals surface area contributed by atoms with E-state index in [1.54, 1.807) is 0 Å². The minimum atomic E-state index is 0.138. The molecule has 1 amide bonds. The van der Waals surface area contributed by atoms with Gasteiger partial charge in [-0.2, -0.15) is 0 Å². The van der Waals surface area contributed by atoms with Crippen LogP contribution in [0.2, 0.25) is 0 Å². The lowest BCUT2D eigenvalue weighted by Crippen LogP contribution is -2.49. The van der Waals surface area contributed by atoms with Crippen LogP contribution in [0.25, 0.3) is 0 Å². The largest absolute Gasteiger partial charge is 0.375 e. The monoisotopic (exact) mass is 240 g/mol. The fourth-order valence-corrected chi connectivity index (χ4v) is 3.14. The third-order valence-corrected chi connectivity index (χ3v) is 3.88. The zero-order valence-electron chi connectivity index (χ0n) is 10.9. The highest BCUT2D eigenvalue weighted by Gasteiger charge is 2.33. The maximum Gasteiger partial charge on any atom is 0.225 e. The van der Waals surface area contributed by atoms with Gasteiger partial charge in [0.15, 0.2) is 0 Å². The molecule has 0 aromatic carbocycles. The summed E-state index contributed by atoms with van der Waals surface area (Å²) in [5, 5.41) is 0. The number of hydrogen-bond donors (Lipinski definition) is 1. The second-order valence-corrected chi connectivity index (χ2v) is 5.73. The van der Waals surface area contributed by atoms with Crippen LogP contribution in [0.15, 0.2) is 0 Å². The van der Waals surface area contributed by atoms with Gasteiger partial charge >= 0.3 is 0 Å². The molecule has 17 heavy (non-hydrogen) atoms. The van der Waals surface area contributed by atoms with Crippen LogP contribution in [0.4, 0.5) is 0 Å². The topological polar surface area (TPSA) is 55.6 Å². The van der Waals surface area contributed by atoms with Gasteiger partial charge in [-0.25, -0.2) is 0 Å². The summed E-state index contributed by atoms with van der Waals surface area (Å²) in [7, 11) is 0. The van der Waals surface area contributed by atoms with Crippen molar-refractivity contribution in [3.8, 4) is 0 Å². The second-order valence-electron chi connectivity index (χ2n) is 5.73. The molecule has 0 radical (unpaired) electrons. The van der Waals surface area contributed by atoms with E-state index >= 15 is 0 Å². The predicted molar refractivity (Wildman–Crippen MR) is 66.5 cm³/mol. The van der Waals surface area contributed by atoms with Gasteiger partial charge in [-0.1, -0.05) is 6.92 Å². The van der Waals surface area contributed by atoms with Crippen molar-refractivity contribution >= 4 is 5.91 Å². The van der Waals surface area contributed by atoms with E-state index in [0.29, 0.717) is 18.4 Å². The average Bonchev–Trinajstić information content (AvgIpc) is 2.26. The van der Waals surface area contributed by atoms with Crippen LogP contribution in [0.3, 0.4) is 0 Å². The summed E-state index contributed by atoms with van der Waals surface area (Å²) in [6.07, 6.45) is 3.08. The highest BCUT2D eigenvalue weighted by Crippen LogP contribution is 2.29. The molecule has 0 aromatic rings. The maximum atomic E-state index is 12.4. The van der Waals surface area contributed by atoms with Gasteiger partial charge in [0.1, 0.15) is 0 Å². The van der Waals surface area contributed by atoms with Gasteiger partial charge in [0, 0.05) is 25.0 Å². The fourth-order valence-electron chi connectivity index (χ4n) is 3.14. The van der Waals surface area contributed by atoms with E-state index in [0.717, 1.165) is 32.4 Å². The Hall–Kier alpha value is -0.610. The zero-order chi connectivity index (χ0) is 12.4. The van der Waals surface area contributed by atoms with Gasteiger partial charge in [0.25, 0.3) is 0 Å². The van der Waals surface area contributed by atoms with Gasteiger partial charge in [-0.15, -0.1) is 0 Å². The van der Waals surface area contributed by atoms with E-state index in [1.807, 2.05) is 11.8 Å². The van der Waals surface area contributed by atoms with Gasteiger partial charge in [0.2, 0.25) is 5.91 Å². The molecule has 0 aromatic heterocycles. The number of nitrogens with zero attached hydrogens (tertiary/aromatic N) is 1. The van der Waals surface area contributed by atoms with E-state index in [2.05, 4.69) is 6.92 Å². The van der Waals surface area contributed by atoms with E-state index in [1.165, 1.54) is 0 Å². The Morgan fingerprint density at radius 2 is 2.06 bits per heavy atom. The van der Waals surface area contributed by atoms with Crippen LogP contribution < -0.4 is 5.73 Å². The lowest BCUT2D eigenvalue weighted by atomic mass is 9.79.